The van der Waals surface area contributed by atoms with Crippen molar-refractivity contribution in [3.63, 3.8) is 0 Å². The number of H-pyrrole nitrogens is 2. The maximum absolute atomic E-state index is 12.4. The molecule has 2 aromatic rings. The van der Waals surface area contributed by atoms with Crippen molar-refractivity contribution in [1.29, 1.82) is 0 Å². The number of hydrogen-bond donors (Lipinski definition) is 2. The predicted octanol–water partition coefficient (Wildman–Crippen LogP) is 2.10. The quantitative estimate of drug-likeness (QED) is 0.909. The maximum atomic E-state index is 12.4. The molecule has 0 unspecified atom stereocenters. The van der Waals surface area contributed by atoms with E-state index in [1.807, 2.05) is 6.20 Å². The van der Waals surface area contributed by atoms with Gasteiger partial charge in [-0.2, -0.15) is 0 Å². The summed E-state index contributed by atoms with van der Waals surface area (Å²) in [5.41, 5.74) is 1.92. The number of nitrogens with one attached hydrogen (secondary N) is 2. The summed E-state index contributed by atoms with van der Waals surface area (Å²) < 4.78 is 0. The first-order chi connectivity index (χ1) is 11.3. The summed E-state index contributed by atoms with van der Waals surface area (Å²) in [4.78, 5) is 30.1. The average Bonchev–Trinajstić information content (AvgIpc) is 3.08. The molecule has 0 aromatic carbocycles. The number of hydrogen-bond acceptors (Lipinski definition) is 4. The van der Waals surface area contributed by atoms with E-state index in [4.69, 9.17) is 4.98 Å². The van der Waals surface area contributed by atoms with Crippen LogP contribution in [0.2, 0.25) is 0 Å². The van der Waals surface area contributed by atoms with Crippen molar-refractivity contribution < 1.29 is 0 Å². The van der Waals surface area contributed by atoms with Crippen molar-refractivity contribution >= 4 is 0 Å². The zero-order chi connectivity index (χ0) is 15.6. The molecule has 3 heterocycles. The molecule has 0 bridgehead atoms. The fourth-order valence-electron chi connectivity index (χ4n) is 3.81. The van der Waals surface area contributed by atoms with E-state index in [-0.39, 0.29) is 5.56 Å². The van der Waals surface area contributed by atoms with Crippen LogP contribution >= 0.6 is 0 Å². The van der Waals surface area contributed by atoms with Crippen LogP contribution in [0.5, 0.6) is 0 Å². The lowest BCUT2D eigenvalue weighted by atomic mass is 9.88. The number of rotatable bonds is 3. The van der Waals surface area contributed by atoms with Gasteiger partial charge in [0.05, 0.1) is 12.2 Å². The van der Waals surface area contributed by atoms with Crippen LogP contribution in [0.4, 0.5) is 0 Å². The molecule has 2 N–H and O–H groups in total. The third-order valence-electron chi connectivity index (χ3n) is 5.09. The molecule has 23 heavy (non-hydrogen) atoms. The second-order valence-corrected chi connectivity index (χ2v) is 6.71. The molecular formula is C17H23N5O. The van der Waals surface area contributed by atoms with E-state index >= 15 is 0 Å². The van der Waals surface area contributed by atoms with Gasteiger partial charge in [0.25, 0.3) is 5.56 Å². The molecule has 0 spiro atoms. The Bertz CT molecular complexity index is 715. The molecule has 6 nitrogen and oxygen atoms in total. The van der Waals surface area contributed by atoms with Crippen LogP contribution in [0.1, 0.15) is 60.9 Å². The number of imidazole rings is 1. The molecule has 2 aromatic heterocycles. The Morgan fingerprint density at radius 3 is 2.91 bits per heavy atom. The van der Waals surface area contributed by atoms with Crippen molar-refractivity contribution in [3.8, 4) is 0 Å². The summed E-state index contributed by atoms with van der Waals surface area (Å²) in [5.74, 6) is 2.31. The minimum Gasteiger partial charge on any atom is -0.348 e. The summed E-state index contributed by atoms with van der Waals surface area (Å²) in [6.45, 7) is 2.39. The molecular weight excluding hydrogens is 290 g/mol. The zero-order valence-electron chi connectivity index (χ0n) is 13.3. The van der Waals surface area contributed by atoms with Crippen LogP contribution in [-0.4, -0.2) is 31.4 Å². The van der Waals surface area contributed by atoms with Crippen LogP contribution in [0, 0.1) is 0 Å². The van der Waals surface area contributed by atoms with Gasteiger partial charge in [0.1, 0.15) is 11.6 Å². The van der Waals surface area contributed by atoms with Crippen molar-refractivity contribution in [2.75, 3.05) is 6.54 Å². The van der Waals surface area contributed by atoms with E-state index in [1.54, 1.807) is 6.20 Å². The average molecular weight is 313 g/mol. The summed E-state index contributed by atoms with van der Waals surface area (Å²) in [6, 6.07) is 0. The minimum atomic E-state index is 0.0771. The molecule has 1 aliphatic carbocycles. The van der Waals surface area contributed by atoms with Gasteiger partial charge in [-0.15, -0.1) is 0 Å². The van der Waals surface area contributed by atoms with Crippen LogP contribution in [0.25, 0.3) is 0 Å². The number of nitrogens with zero attached hydrogens (tertiary/aromatic N) is 3. The second-order valence-electron chi connectivity index (χ2n) is 6.71. The van der Waals surface area contributed by atoms with Crippen LogP contribution < -0.4 is 5.56 Å². The van der Waals surface area contributed by atoms with Crippen molar-refractivity contribution in [1.82, 2.24) is 24.8 Å². The Kier molecular flexibility index (Phi) is 3.99. The first kappa shape index (κ1) is 14.6. The van der Waals surface area contributed by atoms with Gasteiger partial charge < -0.3 is 9.97 Å². The third-order valence-corrected chi connectivity index (χ3v) is 5.09. The van der Waals surface area contributed by atoms with Gasteiger partial charge in [0.15, 0.2) is 0 Å². The fraction of sp³-hybridized carbons (Fsp3) is 0.588. The molecule has 1 aliphatic heterocycles. The van der Waals surface area contributed by atoms with Gasteiger partial charge in [0.2, 0.25) is 0 Å². The van der Waals surface area contributed by atoms with Gasteiger partial charge in [-0.1, -0.05) is 19.3 Å². The highest BCUT2D eigenvalue weighted by Crippen LogP contribution is 2.30. The summed E-state index contributed by atoms with van der Waals surface area (Å²) in [5, 5.41) is 0. The largest absolute Gasteiger partial charge is 0.348 e. The van der Waals surface area contributed by atoms with Crippen molar-refractivity contribution in [2.24, 2.45) is 0 Å². The Hall–Kier alpha value is -1.95. The second kappa shape index (κ2) is 6.28. The van der Waals surface area contributed by atoms with E-state index in [9.17, 15) is 4.79 Å². The van der Waals surface area contributed by atoms with Crippen LogP contribution in [0.15, 0.2) is 17.2 Å². The fourth-order valence-corrected chi connectivity index (χ4v) is 3.81. The van der Waals surface area contributed by atoms with E-state index < -0.39 is 0 Å². The molecule has 0 radical (unpaired) electrons. The van der Waals surface area contributed by atoms with Gasteiger partial charge in [0, 0.05) is 37.0 Å². The Morgan fingerprint density at radius 1 is 1.26 bits per heavy atom. The third kappa shape index (κ3) is 3.08. The monoisotopic (exact) mass is 313 g/mol. The standard InChI is InChI=1S/C17H23N5O/c23-17-13-6-9-22(11-15-18-7-8-19-15)10-14(13)20-16(21-17)12-4-2-1-3-5-12/h7-8,12H,1-6,9-11H2,(H,18,19)(H,20,21,23). The molecule has 4 rings (SSSR count). The Labute approximate surface area is 135 Å². The lowest BCUT2D eigenvalue weighted by Crippen LogP contribution is -2.36. The van der Waals surface area contributed by atoms with Crippen LogP contribution in [0.3, 0.4) is 0 Å². The summed E-state index contributed by atoms with van der Waals surface area (Å²) in [6.07, 6.45) is 10.5. The van der Waals surface area contributed by atoms with Gasteiger partial charge >= 0.3 is 0 Å². The first-order valence-corrected chi connectivity index (χ1v) is 8.62. The highest BCUT2D eigenvalue weighted by molar-refractivity contribution is 5.22. The molecule has 2 aliphatic rings. The molecule has 1 saturated carbocycles. The van der Waals surface area contributed by atoms with Crippen molar-refractivity contribution in [3.05, 3.63) is 45.7 Å². The predicted molar refractivity (Wildman–Crippen MR) is 87.1 cm³/mol. The molecule has 122 valence electrons. The lowest BCUT2D eigenvalue weighted by molar-refractivity contribution is 0.234. The molecule has 6 heteroatoms. The van der Waals surface area contributed by atoms with Gasteiger partial charge in [-0.3, -0.25) is 9.69 Å². The topological polar surface area (TPSA) is 77.7 Å². The Morgan fingerprint density at radius 2 is 2.13 bits per heavy atom. The summed E-state index contributed by atoms with van der Waals surface area (Å²) in [7, 11) is 0. The minimum absolute atomic E-state index is 0.0771. The SMILES string of the molecule is O=c1[nH]c(C2CCCCC2)nc2c1CCN(Cc1ncc[nH]1)C2. The smallest absolute Gasteiger partial charge is 0.254 e. The highest BCUT2D eigenvalue weighted by Gasteiger charge is 2.24. The highest BCUT2D eigenvalue weighted by atomic mass is 16.1. The normalized spacial score (nSPS) is 19.7. The summed E-state index contributed by atoms with van der Waals surface area (Å²) >= 11 is 0. The van der Waals surface area contributed by atoms with Crippen molar-refractivity contribution in [2.45, 2.75) is 57.5 Å². The maximum Gasteiger partial charge on any atom is 0.254 e. The molecule has 0 saturated heterocycles. The Balaban J connectivity index is 1.56. The lowest BCUT2D eigenvalue weighted by Gasteiger charge is -2.28. The van der Waals surface area contributed by atoms with E-state index in [1.165, 1.54) is 19.3 Å². The van der Waals surface area contributed by atoms with E-state index in [0.29, 0.717) is 5.92 Å². The molecule has 1 fully saturated rings. The van der Waals surface area contributed by atoms with E-state index in [2.05, 4.69) is 19.9 Å². The van der Waals surface area contributed by atoms with E-state index in [0.717, 1.165) is 61.8 Å². The molecule has 0 amide bonds. The van der Waals surface area contributed by atoms with Crippen LogP contribution in [-0.2, 0) is 19.5 Å². The number of fused-ring (bicyclic) bond motifs is 1. The number of aromatic nitrogens is 4. The molecule has 0 atom stereocenters. The zero-order valence-corrected chi connectivity index (χ0v) is 13.3. The van der Waals surface area contributed by atoms with Gasteiger partial charge in [-0.05, 0) is 19.3 Å². The van der Waals surface area contributed by atoms with Gasteiger partial charge in [-0.25, -0.2) is 9.97 Å². The first-order valence-electron chi connectivity index (χ1n) is 8.62. The number of aromatic amines is 2.